The average molecular weight is 369 g/mol. The van der Waals surface area contributed by atoms with Crippen molar-refractivity contribution in [1.82, 2.24) is 0 Å². The molecule has 2 rings (SSSR count). The molecule has 26 heavy (non-hydrogen) atoms. The Morgan fingerprint density at radius 2 is 1.77 bits per heavy atom. The van der Waals surface area contributed by atoms with Crippen LogP contribution in [-0.4, -0.2) is 30.7 Å². The van der Waals surface area contributed by atoms with Gasteiger partial charge < -0.3 is 19.9 Å². The molecule has 0 aromatic heterocycles. The Morgan fingerprint density at radius 3 is 2.35 bits per heavy atom. The fourth-order valence-corrected chi connectivity index (χ4v) is 2.00. The maximum atomic E-state index is 12.5. The first-order valence-electron chi connectivity index (χ1n) is 7.22. The van der Waals surface area contributed by atoms with Gasteiger partial charge >= 0.3 is 12.1 Å². The summed E-state index contributed by atoms with van der Waals surface area (Å²) >= 11 is 0. The second kappa shape index (κ2) is 7.77. The van der Waals surface area contributed by atoms with Crippen molar-refractivity contribution in [2.45, 2.75) is 6.18 Å². The van der Waals surface area contributed by atoms with Crippen LogP contribution in [-0.2, 0) is 15.7 Å². The highest BCUT2D eigenvalue weighted by atomic mass is 19.4. The number of rotatable bonds is 5. The van der Waals surface area contributed by atoms with Crippen LogP contribution in [0.4, 0.5) is 18.9 Å². The third kappa shape index (κ3) is 4.65. The Balaban J connectivity index is 1.93. The molecular formula is C17H14F3NO5. The number of carbonyl (C=O) groups excluding carboxylic acids is 2. The smallest absolute Gasteiger partial charge is 0.416 e. The number of aromatic hydroxyl groups is 1. The van der Waals surface area contributed by atoms with Gasteiger partial charge in [0.2, 0.25) is 0 Å². The van der Waals surface area contributed by atoms with Crippen LogP contribution in [0.2, 0.25) is 0 Å². The summed E-state index contributed by atoms with van der Waals surface area (Å²) in [5.74, 6) is -2.07. The molecule has 6 nitrogen and oxygen atoms in total. The van der Waals surface area contributed by atoms with E-state index >= 15 is 0 Å². The van der Waals surface area contributed by atoms with Crippen LogP contribution in [0.25, 0.3) is 0 Å². The van der Waals surface area contributed by atoms with Gasteiger partial charge in [0.25, 0.3) is 5.91 Å². The second-order valence-corrected chi connectivity index (χ2v) is 5.06. The van der Waals surface area contributed by atoms with E-state index in [1.807, 2.05) is 0 Å². The van der Waals surface area contributed by atoms with Crippen molar-refractivity contribution in [3.8, 4) is 11.5 Å². The lowest BCUT2D eigenvalue weighted by atomic mass is 10.2. The minimum absolute atomic E-state index is 0.0636. The molecule has 0 saturated heterocycles. The number of methoxy groups -OCH3 is 1. The predicted molar refractivity (Wildman–Crippen MR) is 85.0 cm³/mol. The van der Waals surface area contributed by atoms with Crippen LogP contribution in [0.1, 0.15) is 15.9 Å². The van der Waals surface area contributed by atoms with Crippen LogP contribution in [0, 0.1) is 0 Å². The summed E-state index contributed by atoms with van der Waals surface area (Å²) in [7, 11) is 1.31. The Kier molecular flexibility index (Phi) is 5.71. The van der Waals surface area contributed by atoms with Gasteiger partial charge in [-0.2, -0.15) is 13.2 Å². The standard InChI is InChI=1S/C17H14F3NO5/c1-25-13-4-2-3-12(15(13)23)16(24)26-9-14(22)21-11-7-5-10(6-8-11)17(18,19)20/h2-8,23H,9H2,1H3,(H,21,22). The van der Waals surface area contributed by atoms with Gasteiger partial charge in [0, 0.05) is 5.69 Å². The Hall–Kier alpha value is -3.23. The Morgan fingerprint density at radius 1 is 1.12 bits per heavy atom. The molecule has 0 unspecified atom stereocenters. The zero-order valence-electron chi connectivity index (χ0n) is 13.5. The third-order valence-electron chi connectivity index (χ3n) is 3.27. The highest BCUT2D eigenvalue weighted by Gasteiger charge is 2.30. The third-order valence-corrected chi connectivity index (χ3v) is 3.27. The average Bonchev–Trinajstić information content (AvgIpc) is 2.59. The summed E-state index contributed by atoms with van der Waals surface area (Å²) in [5, 5.41) is 12.1. The predicted octanol–water partition coefficient (Wildman–Crippen LogP) is 3.22. The van der Waals surface area contributed by atoms with Crippen molar-refractivity contribution in [2.75, 3.05) is 19.0 Å². The summed E-state index contributed by atoms with van der Waals surface area (Å²) in [5.41, 5.74) is -0.926. The number of phenolic OH excluding ortho intramolecular Hbond substituents is 1. The molecule has 0 spiro atoms. The number of hydrogen-bond acceptors (Lipinski definition) is 5. The molecule has 0 fully saturated rings. The summed E-state index contributed by atoms with van der Waals surface area (Å²) in [4.78, 5) is 23.6. The van der Waals surface area contributed by atoms with E-state index in [0.29, 0.717) is 0 Å². The Labute approximate surface area is 146 Å². The molecule has 0 atom stereocenters. The SMILES string of the molecule is COc1cccc(C(=O)OCC(=O)Nc2ccc(C(F)(F)F)cc2)c1O. The number of hydrogen-bond donors (Lipinski definition) is 2. The second-order valence-electron chi connectivity index (χ2n) is 5.06. The maximum absolute atomic E-state index is 12.5. The zero-order valence-corrected chi connectivity index (χ0v) is 13.5. The van der Waals surface area contributed by atoms with Crippen molar-refractivity contribution in [1.29, 1.82) is 0 Å². The number of benzene rings is 2. The number of alkyl halides is 3. The van der Waals surface area contributed by atoms with E-state index in [-0.39, 0.29) is 17.0 Å². The van der Waals surface area contributed by atoms with Crippen LogP contribution in [0.3, 0.4) is 0 Å². The van der Waals surface area contributed by atoms with E-state index in [4.69, 9.17) is 9.47 Å². The molecule has 0 radical (unpaired) electrons. The fraction of sp³-hybridized carbons (Fsp3) is 0.176. The molecule has 0 aliphatic rings. The number of anilines is 1. The van der Waals surface area contributed by atoms with Crippen LogP contribution in [0.5, 0.6) is 11.5 Å². The van der Waals surface area contributed by atoms with E-state index in [1.54, 1.807) is 0 Å². The minimum atomic E-state index is -4.48. The summed E-state index contributed by atoms with van der Waals surface area (Å²) in [6.07, 6.45) is -4.48. The van der Waals surface area contributed by atoms with Crippen LogP contribution < -0.4 is 10.1 Å². The summed E-state index contributed by atoms with van der Waals surface area (Å²) in [6, 6.07) is 7.97. The van der Waals surface area contributed by atoms with E-state index < -0.39 is 36.0 Å². The fourth-order valence-electron chi connectivity index (χ4n) is 2.00. The summed E-state index contributed by atoms with van der Waals surface area (Å²) in [6.45, 7) is -0.684. The number of carbonyl (C=O) groups is 2. The monoisotopic (exact) mass is 369 g/mol. The van der Waals surface area contributed by atoms with E-state index in [2.05, 4.69) is 5.32 Å². The van der Waals surface area contributed by atoms with Gasteiger partial charge in [-0.05, 0) is 36.4 Å². The highest BCUT2D eigenvalue weighted by molar-refractivity contribution is 5.97. The molecule has 1 amide bonds. The molecule has 0 bridgehead atoms. The molecule has 2 aromatic rings. The molecule has 2 aromatic carbocycles. The van der Waals surface area contributed by atoms with E-state index in [9.17, 15) is 27.9 Å². The number of nitrogens with one attached hydrogen (secondary N) is 1. The quantitative estimate of drug-likeness (QED) is 0.791. The molecule has 0 aliphatic carbocycles. The Bertz CT molecular complexity index is 803. The van der Waals surface area contributed by atoms with Gasteiger partial charge in [0.05, 0.1) is 12.7 Å². The first kappa shape index (κ1) is 19.1. The van der Waals surface area contributed by atoms with E-state index in [1.165, 1.54) is 25.3 Å². The number of halogens is 3. The number of esters is 1. The highest BCUT2D eigenvalue weighted by Crippen LogP contribution is 2.30. The first-order valence-corrected chi connectivity index (χ1v) is 7.22. The number of para-hydroxylation sites is 1. The van der Waals surface area contributed by atoms with Crippen molar-refractivity contribution >= 4 is 17.6 Å². The van der Waals surface area contributed by atoms with Gasteiger partial charge in [-0.1, -0.05) is 6.07 Å². The maximum Gasteiger partial charge on any atom is 0.416 e. The summed E-state index contributed by atoms with van der Waals surface area (Å²) < 4.78 is 47.0. The first-order chi connectivity index (χ1) is 12.2. The minimum Gasteiger partial charge on any atom is -0.504 e. The zero-order chi connectivity index (χ0) is 19.3. The lowest BCUT2D eigenvalue weighted by molar-refractivity contribution is -0.137. The molecular weight excluding hydrogens is 355 g/mol. The number of amides is 1. The molecule has 9 heteroatoms. The number of phenols is 1. The lowest BCUT2D eigenvalue weighted by Crippen LogP contribution is -2.21. The molecule has 0 saturated carbocycles. The van der Waals surface area contributed by atoms with Crippen molar-refractivity contribution < 1.29 is 37.3 Å². The van der Waals surface area contributed by atoms with Gasteiger partial charge in [0.15, 0.2) is 18.1 Å². The van der Waals surface area contributed by atoms with Gasteiger partial charge in [-0.15, -0.1) is 0 Å². The van der Waals surface area contributed by atoms with Crippen molar-refractivity contribution in [2.24, 2.45) is 0 Å². The largest absolute Gasteiger partial charge is 0.504 e. The molecule has 138 valence electrons. The van der Waals surface area contributed by atoms with Crippen LogP contribution in [0.15, 0.2) is 42.5 Å². The number of ether oxygens (including phenoxy) is 2. The van der Waals surface area contributed by atoms with Gasteiger partial charge in [-0.3, -0.25) is 4.79 Å². The molecule has 0 heterocycles. The lowest BCUT2D eigenvalue weighted by Gasteiger charge is -2.10. The van der Waals surface area contributed by atoms with Crippen LogP contribution >= 0.6 is 0 Å². The topological polar surface area (TPSA) is 84.9 Å². The molecule has 0 aliphatic heterocycles. The van der Waals surface area contributed by atoms with E-state index in [0.717, 1.165) is 24.3 Å². The van der Waals surface area contributed by atoms with Crippen molar-refractivity contribution in [3.63, 3.8) is 0 Å². The van der Waals surface area contributed by atoms with Gasteiger partial charge in [-0.25, -0.2) is 4.79 Å². The van der Waals surface area contributed by atoms with Gasteiger partial charge in [0.1, 0.15) is 5.56 Å². The normalized spacial score (nSPS) is 10.9. The molecule has 2 N–H and O–H groups in total. The van der Waals surface area contributed by atoms with Crippen molar-refractivity contribution in [3.05, 3.63) is 53.6 Å².